The van der Waals surface area contributed by atoms with E-state index in [9.17, 15) is 4.79 Å². The molecule has 1 N–H and O–H groups in total. The van der Waals surface area contributed by atoms with E-state index in [2.05, 4.69) is 22.1 Å². The number of amides is 1. The van der Waals surface area contributed by atoms with Crippen LogP contribution in [0.1, 0.15) is 11.4 Å². The van der Waals surface area contributed by atoms with Gasteiger partial charge in [-0.1, -0.05) is 47.6 Å². The Labute approximate surface area is 145 Å². The van der Waals surface area contributed by atoms with Gasteiger partial charge in [0.25, 0.3) is 0 Å². The Kier molecular flexibility index (Phi) is 6.67. The predicted molar refractivity (Wildman–Crippen MR) is 93.8 cm³/mol. The second-order valence-corrected chi connectivity index (χ2v) is 6.26. The number of benzene rings is 1. The van der Waals surface area contributed by atoms with E-state index in [0.29, 0.717) is 25.3 Å². The van der Waals surface area contributed by atoms with E-state index >= 15 is 0 Å². The van der Waals surface area contributed by atoms with Crippen LogP contribution >= 0.6 is 23.4 Å². The lowest BCUT2D eigenvalue weighted by Crippen LogP contribution is -2.27. The highest BCUT2D eigenvalue weighted by Crippen LogP contribution is 2.17. The van der Waals surface area contributed by atoms with E-state index in [0.717, 1.165) is 21.6 Å². The molecule has 0 spiro atoms. The average molecular weight is 351 g/mol. The molecular weight excluding hydrogens is 332 g/mol. The molecular formula is C16H19ClN4OS. The zero-order valence-electron chi connectivity index (χ0n) is 13.0. The second kappa shape index (κ2) is 8.74. The van der Waals surface area contributed by atoms with Gasteiger partial charge in [0.2, 0.25) is 5.91 Å². The fourth-order valence-electron chi connectivity index (χ4n) is 2.03. The van der Waals surface area contributed by atoms with Gasteiger partial charge in [0.15, 0.2) is 5.16 Å². The maximum atomic E-state index is 11.9. The number of aromatic nitrogens is 3. The number of thioether (sulfide) groups is 1. The van der Waals surface area contributed by atoms with Crippen LogP contribution in [-0.4, -0.2) is 33.0 Å². The number of aryl methyl sites for hydroxylation is 1. The molecule has 1 heterocycles. The van der Waals surface area contributed by atoms with Crippen LogP contribution in [0.15, 0.2) is 42.1 Å². The molecule has 1 aromatic carbocycles. The summed E-state index contributed by atoms with van der Waals surface area (Å²) in [7, 11) is 0. The molecule has 2 aromatic rings. The molecule has 122 valence electrons. The lowest BCUT2D eigenvalue weighted by atomic mass is 10.1. The van der Waals surface area contributed by atoms with Crippen molar-refractivity contribution in [2.24, 2.45) is 0 Å². The molecule has 23 heavy (non-hydrogen) atoms. The van der Waals surface area contributed by atoms with E-state index in [1.165, 1.54) is 11.8 Å². The number of nitrogens with zero attached hydrogens (tertiary/aromatic N) is 3. The van der Waals surface area contributed by atoms with Crippen LogP contribution < -0.4 is 5.32 Å². The third kappa shape index (κ3) is 5.11. The van der Waals surface area contributed by atoms with Gasteiger partial charge in [0.05, 0.1) is 5.75 Å². The van der Waals surface area contributed by atoms with Crippen LogP contribution in [0.5, 0.6) is 0 Å². The minimum absolute atomic E-state index is 0.0344. The van der Waals surface area contributed by atoms with E-state index in [-0.39, 0.29) is 5.91 Å². The summed E-state index contributed by atoms with van der Waals surface area (Å²) in [4.78, 5) is 11.9. The number of halogens is 1. The molecule has 5 nitrogen and oxygen atoms in total. The van der Waals surface area contributed by atoms with Crippen LogP contribution in [-0.2, 0) is 17.8 Å². The molecule has 1 aromatic heterocycles. The number of hydrogen-bond acceptors (Lipinski definition) is 4. The zero-order valence-corrected chi connectivity index (χ0v) is 14.5. The van der Waals surface area contributed by atoms with Gasteiger partial charge >= 0.3 is 0 Å². The SMILES string of the molecule is C=CCn1c(C)nnc1SCC(=O)NCCc1ccccc1Cl. The molecule has 0 saturated carbocycles. The molecule has 0 fully saturated rings. The summed E-state index contributed by atoms with van der Waals surface area (Å²) in [6.07, 6.45) is 2.49. The summed E-state index contributed by atoms with van der Waals surface area (Å²) in [5.41, 5.74) is 1.03. The molecule has 0 aliphatic carbocycles. The van der Waals surface area contributed by atoms with Crippen molar-refractivity contribution < 1.29 is 4.79 Å². The van der Waals surface area contributed by atoms with E-state index in [4.69, 9.17) is 11.6 Å². The Bertz CT molecular complexity index is 686. The van der Waals surface area contributed by atoms with Gasteiger partial charge in [0.1, 0.15) is 5.82 Å². The van der Waals surface area contributed by atoms with Crippen LogP contribution in [0.25, 0.3) is 0 Å². The first-order valence-electron chi connectivity index (χ1n) is 7.25. The third-order valence-electron chi connectivity index (χ3n) is 3.22. The maximum absolute atomic E-state index is 11.9. The van der Waals surface area contributed by atoms with Gasteiger partial charge in [-0.25, -0.2) is 0 Å². The Balaban J connectivity index is 1.77. The number of rotatable bonds is 8. The summed E-state index contributed by atoms with van der Waals surface area (Å²) in [5, 5.41) is 12.4. The van der Waals surface area contributed by atoms with Crippen molar-refractivity contribution in [1.82, 2.24) is 20.1 Å². The number of nitrogens with one attached hydrogen (secondary N) is 1. The largest absolute Gasteiger partial charge is 0.355 e. The normalized spacial score (nSPS) is 10.5. The Morgan fingerprint density at radius 2 is 2.22 bits per heavy atom. The van der Waals surface area contributed by atoms with E-state index < -0.39 is 0 Å². The van der Waals surface area contributed by atoms with Gasteiger partial charge in [-0.2, -0.15) is 0 Å². The second-order valence-electron chi connectivity index (χ2n) is 4.91. The van der Waals surface area contributed by atoms with Gasteiger partial charge in [-0.15, -0.1) is 16.8 Å². The van der Waals surface area contributed by atoms with Gasteiger partial charge < -0.3 is 9.88 Å². The van der Waals surface area contributed by atoms with Crippen molar-refractivity contribution >= 4 is 29.3 Å². The molecule has 7 heteroatoms. The van der Waals surface area contributed by atoms with E-state index in [1.807, 2.05) is 35.8 Å². The minimum atomic E-state index is -0.0344. The number of carbonyl (C=O) groups is 1. The Morgan fingerprint density at radius 1 is 1.43 bits per heavy atom. The van der Waals surface area contributed by atoms with Crippen molar-refractivity contribution in [2.75, 3.05) is 12.3 Å². The molecule has 0 aliphatic heterocycles. The van der Waals surface area contributed by atoms with Crippen molar-refractivity contribution in [3.05, 3.63) is 53.3 Å². The standard InChI is InChI=1S/C16H19ClN4OS/c1-3-10-21-12(2)19-20-16(21)23-11-15(22)18-9-8-13-6-4-5-7-14(13)17/h3-7H,1,8-11H2,2H3,(H,18,22). The average Bonchev–Trinajstić information content (AvgIpc) is 2.88. The summed E-state index contributed by atoms with van der Waals surface area (Å²) >= 11 is 7.46. The molecule has 0 aliphatic rings. The lowest BCUT2D eigenvalue weighted by molar-refractivity contribution is -0.118. The highest BCUT2D eigenvalue weighted by Gasteiger charge is 2.10. The first kappa shape index (κ1) is 17.6. The summed E-state index contributed by atoms with van der Waals surface area (Å²) in [6.45, 7) is 6.78. The zero-order chi connectivity index (χ0) is 16.7. The summed E-state index contributed by atoms with van der Waals surface area (Å²) in [6, 6.07) is 7.64. The lowest BCUT2D eigenvalue weighted by Gasteiger charge is -2.07. The molecule has 0 unspecified atom stereocenters. The smallest absolute Gasteiger partial charge is 0.230 e. The highest BCUT2D eigenvalue weighted by molar-refractivity contribution is 7.99. The number of hydrogen-bond donors (Lipinski definition) is 1. The minimum Gasteiger partial charge on any atom is -0.355 e. The van der Waals surface area contributed by atoms with Crippen LogP contribution in [0.3, 0.4) is 0 Å². The first-order chi connectivity index (χ1) is 11.1. The quantitative estimate of drug-likeness (QED) is 0.587. The topological polar surface area (TPSA) is 59.8 Å². The van der Waals surface area contributed by atoms with Crippen molar-refractivity contribution in [3.8, 4) is 0 Å². The van der Waals surface area contributed by atoms with E-state index in [1.54, 1.807) is 6.08 Å². The highest BCUT2D eigenvalue weighted by atomic mass is 35.5. The third-order valence-corrected chi connectivity index (χ3v) is 4.56. The first-order valence-corrected chi connectivity index (χ1v) is 8.61. The van der Waals surface area contributed by atoms with Crippen molar-refractivity contribution in [1.29, 1.82) is 0 Å². The number of allylic oxidation sites excluding steroid dienone is 1. The van der Waals surface area contributed by atoms with Crippen LogP contribution in [0.4, 0.5) is 0 Å². The van der Waals surface area contributed by atoms with Crippen LogP contribution in [0, 0.1) is 6.92 Å². The van der Waals surface area contributed by atoms with Gasteiger partial charge in [-0.05, 0) is 25.0 Å². The Morgan fingerprint density at radius 3 is 2.96 bits per heavy atom. The summed E-state index contributed by atoms with van der Waals surface area (Å²) < 4.78 is 1.93. The molecule has 0 radical (unpaired) electrons. The maximum Gasteiger partial charge on any atom is 0.230 e. The molecule has 0 bridgehead atoms. The predicted octanol–water partition coefficient (Wildman–Crippen LogP) is 2.88. The monoisotopic (exact) mass is 350 g/mol. The van der Waals surface area contributed by atoms with Gasteiger partial charge in [-0.3, -0.25) is 4.79 Å². The molecule has 1 amide bonds. The fourth-order valence-corrected chi connectivity index (χ4v) is 3.08. The fraction of sp³-hybridized carbons (Fsp3) is 0.312. The molecule has 2 rings (SSSR count). The Hall–Kier alpha value is -1.79. The van der Waals surface area contributed by atoms with Crippen molar-refractivity contribution in [2.45, 2.75) is 25.0 Å². The summed E-state index contributed by atoms with van der Waals surface area (Å²) in [5.74, 6) is 1.08. The number of carbonyl (C=O) groups excluding carboxylic acids is 1. The molecule has 0 saturated heterocycles. The molecule has 0 atom stereocenters. The van der Waals surface area contributed by atoms with Crippen LogP contribution in [0.2, 0.25) is 5.02 Å². The van der Waals surface area contributed by atoms with Gasteiger partial charge in [0, 0.05) is 18.1 Å². The van der Waals surface area contributed by atoms with Crippen molar-refractivity contribution in [3.63, 3.8) is 0 Å².